The summed E-state index contributed by atoms with van der Waals surface area (Å²) in [5.41, 5.74) is 7.49. The molecule has 2 rings (SSSR count). The fraction of sp³-hybridized carbons (Fsp3) is 0.167. The molecule has 0 radical (unpaired) electrons. The van der Waals surface area contributed by atoms with Crippen molar-refractivity contribution < 1.29 is 4.39 Å². The van der Waals surface area contributed by atoms with Crippen LogP contribution in [0, 0.1) is 24.1 Å². The molecule has 0 fully saturated rings. The van der Waals surface area contributed by atoms with Crippen LogP contribution in [0.15, 0.2) is 24.4 Å². The van der Waals surface area contributed by atoms with Crippen molar-refractivity contribution in [2.75, 3.05) is 5.73 Å². The van der Waals surface area contributed by atoms with Crippen molar-refractivity contribution in [2.24, 2.45) is 0 Å². The van der Waals surface area contributed by atoms with Crippen molar-refractivity contribution >= 4 is 5.82 Å². The van der Waals surface area contributed by atoms with Gasteiger partial charge in [0, 0.05) is 11.8 Å². The van der Waals surface area contributed by atoms with Crippen molar-refractivity contribution in [3.05, 3.63) is 46.9 Å². The summed E-state index contributed by atoms with van der Waals surface area (Å²) in [6.07, 6.45) is 1.78. The molecule has 0 atom stereocenters. The van der Waals surface area contributed by atoms with E-state index < -0.39 is 5.82 Å². The maximum Gasteiger partial charge on any atom is 0.148 e. The van der Waals surface area contributed by atoms with Crippen LogP contribution < -0.4 is 5.73 Å². The third-order valence-corrected chi connectivity index (χ3v) is 2.41. The highest BCUT2D eigenvalue weighted by Gasteiger charge is 2.04. The van der Waals surface area contributed by atoms with Gasteiger partial charge in [0.1, 0.15) is 11.6 Å². The number of anilines is 1. The van der Waals surface area contributed by atoms with E-state index in [0.717, 1.165) is 5.56 Å². The lowest BCUT2D eigenvalue weighted by atomic mass is 10.1. The first-order chi connectivity index (χ1) is 8.08. The Kier molecular flexibility index (Phi) is 2.79. The Labute approximate surface area is 98.1 Å². The number of halogens is 1. The topological polar surface area (TPSA) is 67.6 Å². The number of nitrogens with two attached hydrogens (primary N) is 1. The summed E-state index contributed by atoms with van der Waals surface area (Å²) in [4.78, 5) is 0. The number of nitrogen functional groups attached to an aromatic ring is 1. The van der Waals surface area contributed by atoms with E-state index in [0.29, 0.717) is 23.5 Å². The molecule has 4 nitrogen and oxygen atoms in total. The van der Waals surface area contributed by atoms with Crippen LogP contribution in [0.2, 0.25) is 0 Å². The Bertz CT molecular complexity index is 576. The minimum Gasteiger partial charge on any atom is -0.382 e. The second kappa shape index (κ2) is 4.26. The van der Waals surface area contributed by atoms with Crippen LogP contribution >= 0.6 is 0 Å². The molecule has 2 aromatic rings. The molecule has 1 aromatic carbocycles. The van der Waals surface area contributed by atoms with Crippen LogP contribution in [0.5, 0.6) is 0 Å². The molecule has 0 unspecified atom stereocenters. The standard InChI is InChI=1S/C12H11FN4/c1-8-6-17(16-12(8)15)7-10-2-9(5-14)3-11(13)4-10/h2-4,6H,7H2,1H3,(H2,15,16). The Balaban J connectivity index is 2.30. The van der Waals surface area contributed by atoms with E-state index in [1.54, 1.807) is 16.9 Å². The van der Waals surface area contributed by atoms with Gasteiger partial charge in [0.15, 0.2) is 0 Å². The van der Waals surface area contributed by atoms with Crippen LogP contribution in [0.1, 0.15) is 16.7 Å². The molecule has 5 heteroatoms. The lowest BCUT2D eigenvalue weighted by Gasteiger charge is -2.02. The van der Waals surface area contributed by atoms with Gasteiger partial charge in [-0.2, -0.15) is 10.4 Å². The number of rotatable bonds is 2. The first kappa shape index (κ1) is 11.1. The van der Waals surface area contributed by atoms with Gasteiger partial charge in [0.05, 0.1) is 18.2 Å². The Morgan fingerprint density at radius 2 is 2.24 bits per heavy atom. The van der Waals surface area contributed by atoms with Gasteiger partial charge in [0.25, 0.3) is 0 Å². The van der Waals surface area contributed by atoms with E-state index in [4.69, 9.17) is 11.0 Å². The van der Waals surface area contributed by atoms with E-state index in [1.807, 2.05) is 13.0 Å². The average Bonchev–Trinajstić information content (AvgIpc) is 2.57. The molecule has 86 valence electrons. The van der Waals surface area contributed by atoms with E-state index >= 15 is 0 Å². The Hall–Kier alpha value is -2.35. The summed E-state index contributed by atoms with van der Waals surface area (Å²) >= 11 is 0. The number of hydrogen-bond donors (Lipinski definition) is 1. The molecule has 0 bridgehead atoms. The second-order valence-electron chi connectivity index (χ2n) is 3.85. The number of benzene rings is 1. The summed E-state index contributed by atoms with van der Waals surface area (Å²) in [7, 11) is 0. The highest BCUT2D eigenvalue weighted by Crippen LogP contribution is 2.12. The van der Waals surface area contributed by atoms with Gasteiger partial charge in [-0.05, 0) is 30.7 Å². The molecule has 0 aliphatic heterocycles. The monoisotopic (exact) mass is 230 g/mol. The summed E-state index contributed by atoms with van der Waals surface area (Å²) in [5, 5.41) is 12.8. The number of hydrogen-bond acceptors (Lipinski definition) is 3. The number of nitriles is 1. The molecule has 0 aliphatic carbocycles. The smallest absolute Gasteiger partial charge is 0.148 e. The normalized spacial score (nSPS) is 10.2. The van der Waals surface area contributed by atoms with E-state index in [1.165, 1.54) is 12.1 Å². The first-order valence-electron chi connectivity index (χ1n) is 5.07. The minimum absolute atomic E-state index is 0.303. The van der Waals surface area contributed by atoms with Crippen LogP contribution in [0.3, 0.4) is 0 Å². The molecule has 2 N–H and O–H groups in total. The minimum atomic E-state index is -0.420. The zero-order valence-corrected chi connectivity index (χ0v) is 9.31. The maximum absolute atomic E-state index is 13.2. The van der Waals surface area contributed by atoms with E-state index in [9.17, 15) is 4.39 Å². The van der Waals surface area contributed by atoms with Gasteiger partial charge in [-0.3, -0.25) is 4.68 Å². The van der Waals surface area contributed by atoms with Gasteiger partial charge >= 0.3 is 0 Å². The van der Waals surface area contributed by atoms with Gasteiger partial charge in [-0.15, -0.1) is 0 Å². The number of nitrogens with zero attached hydrogens (tertiary/aromatic N) is 3. The predicted octanol–water partition coefficient (Wildman–Crippen LogP) is 1.83. The largest absolute Gasteiger partial charge is 0.382 e. The fourth-order valence-electron chi connectivity index (χ4n) is 1.61. The molecule has 0 saturated heterocycles. The van der Waals surface area contributed by atoms with Crippen molar-refractivity contribution in [3.8, 4) is 6.07 Å². The number of aromatic nitrogens is 2. The first-order valence-corrected chi connectivity index (χ1v) is 5.07. The molecule has 1 heterocycles. The van der Waals surface area contributed by atoms with Gasteiger partial charge < -0.3 is 5.73 Å². The van der Waals surface area contributed by atoms with Crippen LogP contribution in [-0.4, -0.2) is 9.78 Å². The van der Waals surface area contributed by atoms with Crippen LogP contribution in [-0.2, 0) is 6.54 Å². The van der Waals surface area contributed by atoms with Crippen LogP contribution in [0.4, 0.5) is 10.2 Å². The summed E-state index contributed by atoms with van der Waals surface area (Å²) in [6.45, 7) is 2.25. The quantitative estimate of drug-likeness (QED) is 0.855. The third kappa shape index (κ3) is 2.42. The maximum atomic E-state index is 13.2. The van der Waals surface area contributed by atoms with Crippen molar-refractivity contribution in [3.63, 3.8) is 0 Å². The third-order valence-electron chi connectivity index (χ3n) is 2.41. The second-order valence-corrected chi connectivity index (χ2v) is 3.85. The molecular formula is C12H11FN4. The van der Waals surface area contributed by atoms with Crippen molar-refractivity contribution in [1.29, 1.82) is 5.26 Å². The average molecular weight is 230 g/mol. The molecule has 0 aliphatic rings. The highest BCUT2D eigenvalue weighted by molar-refractivity contribution is 5.37. The molecular weight excluding hydrogens is 219 g/mol. The lowest BCUT2D eigenvalue weighted by molar-refractivity contribution is 0.619. The zero-order valence-electron chi connectivity index (χ0n) is 9.31. The highest BCUT2D eigenvalue weighted by atomic mass is 19.1. The van der Waals surface area contributed by atoms with Crippen molar-refractivity contribution in [2.45, 2.75) is 13.5 Å². The van der Waals surface area contributed by atoms with Crippen LogP contribution in [0.25, 0.3) is 0 Å². The van der Waals surface area contributed by atoms with E-state index in [2.05, 4.69) is 5.10 Å². The summed E-state index contributed by atoms with van der Waals surface area (Å²) in [5.74, 6) is 0.0396. The summed E-state index contributed by atoms with van der Waals surface area (Å²) < 4.78 is 14.8. The predicted molar refractivity (Wildman–Crippen MR) is 61.6 cm³/mol. The lowest BCUT2D eigenvalue weighted by Crippen LogP contribution is -2.02. The zero-order chi connectivity index (χ0) is 12.4. The SMILES string of the molecule is Cc1cn(Cc2cc(F)cc(C#N)c2)nc1N. The fourth-order valence-corrected chi connectivity index (χ4v) is 1.61. The molecule has 0 amide bonds. The van der Waals surface area contributed by atoms with Gasteiger partial charge in [0.2, 0.25) is 0 Å². The number of aryl methyl sites for hydroxylation is 1. The summed E-state index contributed by atoms with van der Waals surface area (Å²) in [6, 6.07) is 6.13. The van der Waals surface area contributed by atoms with Gasteiger partial charge in [-0.25, -0.2) is 4.39 Å². The van der Waals surface area contributed by atoms with Crippen molar-refractivity contribution in [1.82, 2.24) is 9.78 Å². The Morgan fingerprint density at radius 1 is 1.47 bits per heavy atom. The Morgan fingerprint density at radius 3 is 2.82 bits per heavy atom. The van der Waals surface area contributed by atoms with E-state index in [-0.39, 0.29) is 0 Å². The molecule has 17 heavy (non-hydrogen) atoms. The molecule has 1 aromatic heterocycles. The molecule has 0 spiro atoms. The molecule has 0 saturated carbocycles. The van der Waals surface area contributed by atoms with Gasteiger partial charge in [-0.1, -0.05) is 0 Å².